The van der Waals surface area contributed by atoms with Gasteiger partial charge in [-0.2, -0.15) is 0 Å². The summed E-state index contributed by atoms with van der Waals surface area (Å²) in [5.41, 5.74) is 0. The van der Waals surface area contributed by atoms with Crippen LogP contribution in [0.3, 0.4) is 0 Å². The summed E-state index contributed by atoms with van der Waals surface area (Å²) in [6.07, 6.45) is 0. The van der Waals surface area contributed by atoms with Gasteiger partial charge in [0.2, 0.25) is 0 Å². The third-order valence-electron chi connectivity index (χ3n) is 5.02. The highest BCUT2D eigenvalue weighted by molar-refractivity contribution is 9.54. The van der Waals surface area contributed by atoms with Gasteiger partial charge in [0, 0.05) is 0 Å². The minimum Gasteiger partial charge on any atom is -0.102 e. The van der Waals surface area contributed by atoms with Crippen LogP contribution in [-0.2, 0) is 0 Å². The molecule has 0 aliphatic heterocycles. The molecule has 350 valence electrons. The lowest BCUT2D eigenvalue weighted by Gasteiger charge is -2.60. The maximum absolute atomic E-state index is 3.65. The minimum absolute atomic E-state index is 0.163. The van der Waals surface area contributed by atoms with Crippen molar-refractivity contribution in [1.29, 1.82) is 0 Å². The zero-order chi connectivity index (χ0) is 46.2. The lowest BCUT2D eigenvalue weighted by atomic mass is 28.4. The van der Waals surface area contributed by atoms with Crippen LogP contribution in [-0.4, -0.2) is 0 Å². The molecule has 0 fully saturated rings. The van der Waals surface area contributed by atoms with Crippen molar-refractivity contribution in [2.45, 2.75) is 0 Å². The molecule has 58 heteroatoms. The maximum Gasteiger partial charge on any atom is -0.0000120 e. The van der Waals surface area contributed by atoms with E-state index in [2.05, 4.69) is 268 Å². The van der Waals surface area contributed by atoms with E-state index < -0.39 is 0 Å². The molecular formula is H60P58. The molecule has 0 aliphatic rings. The van der Waals surface area contributed by atoms with Crippen LogP contribution in [0.5, 0.6) is 0 Å². The zero-order valence-corrected chi connectivity index (χ0v) is 89.5. The predicted octanol–water partition coefficient (Wildman–Crippen LogP) is 33.9. The van der Waals surface area contributed by atoms with E-state index in [1.807, 2.05) is 0 Å². The molecule has 0 radical (unpaired) electrons. The molecule has 0 aromatic rings. The SMILES string of the molecule is PP(P)P(P(P)P)P(P(P)P)P(P(P(P(P)P)P(P)P)P(P(P)P)P(P)P)P(P(P(P(P)P)P(P)P)P(P(P)P)P(P)P)P(P(P(P)P)P(P)P)P(P(P)P)P(P)P. The third-order valence-corrected chi connectivity index (χ3v) is 406. The Morgan fingerprint density at radius 2 is 0.155 bits per heavy atom. The van der Waals surface area contributed by atoms with E-state index >= 15 is 0 Å². The molecule has 58 heavy (non-hydrogen) atoms. The van der Waals surface area contributed by atoms with Crippen molar-refractivity contribution in [3.05, 3.63) is 0 Å². The normalized spacial score (nSPS) is 15.5. The zero-order valence-electron chi connectivity index (χ0n) is 29.8. The van der Waals surface area contributed by atoms with Crippen LogP contribution < -0.4 is 0 Å². The van der Waals surface area contributed by atoms with Gasteiger partial charge in [-0.3, -0.25) is 0 Å². The molecule has 0 aromatic carbocycles. The summed E-state index contributed by atoms with van der Waals surface area (Å²) in [5.74, 6) is 0. The predicted molar refractivity (Wildman–Crippen MR) is 485 cm³/mol. The van der Waals surface area contributed by atoms with Crippen LogP contribution >= 0.6 is 464 Å². The fourth-order valence-corrected chi connectivity index (χ4v) is 840. The Morgan fingerprint density at radius 3 is 0.259 bits per heavy atom. The van der Waals surface area contributed by atoms with Crippen LogP contribution in [0.25, 0.3) is 0 Å². The molecule has 0 aliphatic carbocycles. The van der Waals surface area contributed by atoms with Crippen molar-refractivity contribution in [2.24, 2.45) is 0 Å². The Labute approximate surface area is 456 Å². The lowest BCUT2D eigenvalue weighted by Crippen LogP contribution is -1.72. The first-order valence-electron chi connectivity index (χ1n) is 13.1. The third kappa shape index (κ3) is 29.3. The highest BCUT2D eigenvalue weighted by Gasteiger charge is 2.60. The van der Waals surface area contributed by atoms with Crippen molar-refractivity contribution in [2.75, 3.05) is 0 Å². The van der Waals surface area contributed by atoms with E-state index in [9.17, 15) is 0 Å². The van der Waals surface area contributed by atoms with Crippen LogP contribution in [0.15, 0.2) is 0 Å². The Hall–Kier alpha value is 24.9. The first kappa shape index (κ1) is 82.9. The monoisotopic (exact) mass is 1860 g/mol. The van der Waals surface area contributed by atoms with Crippen molar-refractivity contribution < 1.29 is 0 Å². The fraction of sp³-hybridized carbons (Fsp3) is 0. The van der Waals surface area contributed by atoms with Gasteiger partial charge >= 0.3 is 0 Å². The van der Waals surface area contributed by atoms with E-state index in [4.69, 9.17) is 0 Å². The van der Waals surface area contributed by atoms with Gasteiger partial charge in [-0.1, -0.05) is 0 Å². The summed E-state index contributed by atoms with van der Waals surface area (Å²) in [6.45, 7) is -6.11. The van der Waals surface area contributed by atoms with Crippen LogP contribution in [0.2, 0.25) is 0 Å². The maximum atomic E-state index is 3.65. The highest BCUT2D eigenvalue weighted by atomic mass is 33.6. The van der Waals surface area contributed by atoms with E-state index in [0.717, 1.165) is 0 Å². The summed E-state index contributed by atoms with van der Waals surface area (Å²) in [7, 11) is 106. The van der Waals surface area contributed by atoms with Crippen molar-refractivity contribution in [3.8, 4) is 0 Å². The number of rotatable bonds is 27. The average Bonchev–Trinajstić information content (AvgIpc) is 2.99. The van der Waals surface area contributed by atoms with Crippen molar-refractivity contribution in [3.63, 3.8) is 0 Å². The van der Waals surface area contributed by atoms with E-state index in [-0.39, 0.29) is 196 Å². The van der Waals surface area contributed by atoms with Gasteiger partial charge in [0.15, 0.2) is 0 Å². The second kappa shape index (κ2) is 45.2. The quantitative estimate of drug-likeness (QED) is 0.0719. The Morgan fingerprint density at radius 1 is 0.0862 bits per heavy atom. The summed E-state index contributed by atoms with van der Waals surface area (Å²) >= 11 is 0. The molecule has 0 aromatic heterocycles. The highest BCUT2D eigenvalue weighted by Crippen LogP contribution is 3.48. The van der Waals surface area contributed by atoms with Crippen LogP contribution in [0, 0.1) is 0 Å². The van der Waals surface area contributed by atoms with Crippen LogP contribution in [0.4, 0.5) is 0 Å². The molecule has 0 N–H and O–H groups in total. The minimum atomic E-state index is -0.277. The molecule has 0 nitrogen and oxygen atoms in total. The second-order valence-electron chi connectivity index (χ2n) is 9.19. The molecule has 0 bridgehead atoms. The molecule has 32 atom stereocenters. The fourth-order valence-electron chi connectivity index (χ4n) is 3.46. The number of hydrogen-bond acceptors (Lipinski definition) is 0. The first-order chi connectivity index (χ1) is 26.3. The van der Waals surface area contributed by atoms with Gasteiger partial charge in [0.05, 0.1) is 0 Å². The van der Waals surface area contributed by atoms with Gasteiger partial charge in [-0.05, 0) is 196 Å². The van der Waals surface area contributed by atoms with Gasteiger partial charge in [0.25, 0.3) is 0 Å². The first-order valence-corrected chi connectivity index (χ1v) is 118. The van der Waals surface area contributed by atoms with Crippen LogP contribution in [0.1, 0.15) is 0 Å². The molecule has 0 spiro atoms. The van der Waals surface area contributed by atoms with E-state index in [1.165, 1.54) is 0 Å². The standard InChI is InChI=1S/H60P58/c1-31(2)46(32(3)4)53(45(29)30)57(54(47(33(5)6)34(7)8)48(35(9)10)36(11)12)58(55(49(37(13)14)38(15)16)50(39(17)18)40(19)20)56(51(41(21)22)42(23)24)52(43(25)26)44(27)28/h1-30H2. The van der Waals surface area contributed by atoms with E-state index in [0.29, 0.717) is 0 Å². The summed E-state index contributed by atoms with van der Waals surface area (Å²) < 4.78 is 0. The average molecular weight is 1860 g/mol. The molecule has 0 saturated heterocycles. The van der Waals surface area contributed by atoms with Gasteiger partial charge < -0.3 is 0 Å². The summed E-state index contributed by atoms with van der Waals surface area (Å²) in [4.78, 5) is 0. The smallest absolute Gasteiger partial charge is 0.0000120 e. The molecule has 0 rings (SSSR count). The summed E-state index contributed by atoms with van der Waals surface area (Å²) in [6, 6.07) is 0. The topological polar surface area (TPSA) is 0 Å². The Balaban J connectivity index is 10.4. The number of hydrogen-bond donors (Lipinski definition) is 0. The van der Waals surface area contributed by atoms with Gasteiger partial charge in [-0.25, -0.2) is 0 Å². The largest absolute Gasteiger partial charge is 0.102 e. The summed E-state index contributed by atoms with van der Waals surface area (Å²) in [5, 5.41) is 0. The Kier molecular flexibility index (Phi) is 64.7. The molecular weight excluding hydrogens is 1800 g/mol. The van der Waals surface area contributed by atoms with Crippen molar-refractivity contribution >= 4 is 464 Å². The van der Waals surface area contributed by atoms with Gasteiger partial charge in [-0.15, -0.1) is 268 Å². The molecule has 0 heterocycles. The second-order valence-corrected chi connectivity index (χ2v) is 248. The lowest BCUT2D eigenvalue weighted by molar-refractivity contribution is 4.34. The molecule has 32 unspecified atom stereocenters. The van der Waals surface area contributed by atoms with E-state index in [1.54, 1.807) is 0 Å². The van der Waals surface area contributed by atoms with Gasteiger partial charge in [0.1, 0.15) is 0 Å². The molecule has 0 amide bonds. The Bertz CT molecular complexity index is 884. The molecule has 0 saturated carbocycles. The van der Waals surface area contributed by atoms with Crippen molar-refractivity contribution in [1.82, 2.24) is 0 Å².